The quantitative estimate of drug-likeness (QED) is 0.0937. The smallest absolute Gasteiger partial charge is 0.326 e. The van der Waals surface area contributed by atoms with Crippen molar-refractivity contribution in [1.82, 2.24) is 15.5 Å². The molecule has 0 spiro atoms. The molecule has 1 aliphatic heterocycles. The fraction of sp³-hybridized carbons (Fsp3) is 0.560. The van der Waals surface area contributed by atoms with Gasteiger partial charge in [0.15, 0.2) is 5.96 Å². The summed E-state index contributed by atoms with van der Waals surface area (Å²) in [5.41, 5.74) is 17.2. The number of carboxylic acid groups (broad SMARTS) is 1. The number of nitrogens with zero attached hydrogens (tertiary/aromatic N) is 2. The van der Waals surface area contributed by atoms with Crippen molar-refractivity contribution in [3.05, 3.63) is 29.8 Å². The Morgan fingerprint density at radius 1 is 1.13 bits per heavy atom. The molecular formula is C25H39N7O6. The van der Waals surface area contributed by atoms with Crippen LogP contribution in [0.15, 0.2) is 29.3 Å². The van der Waals surface area contributed by atoms with E-state index in [2.05, 4.69) is 15.6 Å². The number of hydrogen-bond donors (Lipinski definition) is 7. The van der Waals surface area contributed by atoms with Gasteiger partial charge in [-0.3, -0.25) is 19.4 Å². The molecule has 0 aromatic heterocycles. The number of rotatable bonds is 13. The molecule has 0 radical (unpaired) electrons. The van der Waals surface area contributed by atoms with Crippen molar-refractivity contribution >= 4 is 29.7 Å². The molecule has 0 bridgehead atoms. The number of phenols is 1. The van der Waals surface area contributed by atoms with Crippen molar-refractivity contribution in [3.8, 4) is 5.75 Å². The first-order valence-electron chi connectivity index (χ1n) is 12.6. The van der Waals surface area contributed by atoms with E-state index in [0.717, 1.165) is 0 Å². The van der Waals surface area contributed by atoms with Crippen LogP contribution in [0.25, 0.3) is 0 Å². The van der Waals surface area contributed by atoms with Gasteiger partial charge in [-0.05, 0) is 49.3 Å². The second-order valence-corrected chi connectivity index (χ2v) is 9.75. The number of hydrogen-bond acceptors (Lipinski definition) is 7. The number of carbonyl (C=O) groups is 4. The van der Waals surface area contributed by atoms with Gasteiger partial charge in [0.2, 0.25) is 17.7 Å². The number of carboxylic acids is 1. The lowest BCUT2D eigenvalue weighted by Crippen LogP contribution is -2.58. The number of benzene rings is 1. The molecule has 4 atom stereocenters. The standard InChI is InChI=1S/C25H39N7O6/c1-14(2)20(31-21(34)17(26)5-3-11-29-25(27)28)23(36)32-12-4-6-19(32)22(35)30-18(24(37)38)13-15-7-9-16(33)10-8-15/h7-10,14,17-20,33H,3-6,11-13,26H2,1-2H3,(H,30,35)(H,31,34)(H,37,38)(H4,27,28,29)/t17-,18-,19-,20-/m0/s1. The van der Waals surface area contributed by atoms with Crippen molar-refractivity contribution in [2.24, 2.45) is 28.1 Å². The lowest BCUT2D eigenvalue weighted by molar-refractivity contribution is -0.145. The van der Waals surface area contributed by atoms with Crippen molar-refractivity contribution in [1.29, 1.82) is 0 Å². The minimum Gasteiger partial charge on any atom is -0.508 e. The third-order valence-corrected chi connectivity index (χ3v) is 6.36. The van der Waals surface area contributed by atoms with Crippen LogP contribution in [0.3, 0.4) is 0 Å². The lowest BCUT2D eigenvalue weighted by Gasteiger charge is -2.31. The highest BCUT2D eigenvalue weighted by Gasteiger charge is 2.40. The van der Waals surface area contributed by atoms with E-state index in [4.69, 9.17) is 17.2 Å². The van der Waals surface area contributed by atoms with Gasteiger partial charge in [-0.25, -0.2) is 4.79 Å². The second-order valence-electron chi connectivity index (χ2n) is 9.75. The second kappa shape index (κ2) is 14.2. The number of nitrogens with two attached hydrogens (primary N) is 3. The normalized spacial score (nSPS) is 17.4. The maximum absolute atomic E-state index is 13.4. The number of guanidine groups is 1. The van der Waals surface area contributed by atoms with Crippen molar-refractivity contribution in [2.45, 2.75) is 70.1 Å². The van der Waals surface area contributed by atoms with Gasteiger partial charge in [-0.1, -0.05) is 26.0 Å². The van der Waals surface area contributed by atoms with Crippen LogP contribution in [0.1, 0.15) is 45.1 Å². The van der Waals surface area contributed by atoms with Gasteiger partial charge in [-0.15, -0.1) is 0 Å². The molecule has 1 saturated heterocycles. The predicted molar refractivity (Wildman–Crippen MR) is 141 cm³/mol. The van der Waals surface area contributed by atoms with E-state index < -0.39 is 47.9 Å². The average molecular weight is 534 g/mol. The Balaban J connectivity index is 2.04. The van der Waals surface area contributed by atoms with Gasteiger partial charge >= 0.3 is 5.97 Å². The summed E-state index contributed by atoms with van der Waals surface area (Å²) in [6.07, 6.45) is 1.73. The number of nitrogens with one attached hydrogen (secondary N) is 2. The van der Waals surface area contributed by atoms with E-state index in [-0.39, 0.29) is 24.0 Å². The first kappa shape index (κ1) is 30.4. The van der Waals surface area contributed by atoms with Crippen LogP contribution in [0, 0.1) is 5.92 Å². The number of amides is 3. The Morgan fingerprint density at radius 3 is 2.37 bits per heavy atom. The third-order valence-electron chi connectivity index (χ3n) is 6.36. The molecule has 1 aliphatic rings. The van der Waals surface area contributed by atoms with Gasteiger partial charge in [-0.2, -0.15) is 0 Å². The molecule has 1 aromatic carbocycles. The molecule has 210 valence electrons. The molecule has 2 rings (SSSR count). The topological polar surface area (TPSA) is 226 Å². The zero-order valence-electron chi connectivity index (χ0n) is 21.8. The van der Waals surface area contributed by atoms with Gasteiger partial charge in [0, 0.05) is 19.5 Å². The third kappa shape index (κ3) is 8.91. The molecule has 13 nitrogen and oxygen atoms in total. The molecular weight excluding hydrogens is 494 g/mol. The molecule has 3 amide bonds. The van der Waals surface area contributed by atoms with Crippen LogP contribution >= 0.6 is 0 Å². The monoisotopic (exact) mass is 533 g/mol. The highest BCUT2D eigenvalue weighted by Crippen LogP contribution is 2.21. The van der Waals surface area contributed by atoms with Gasteiger partial charge in [0.1, 0.15) is 23.9 Å². The highest BCUT2D eigenvalue weighted by molar-refractivity contribution is 5.94. The first-order valence-corrected chi connectivity index (χ1v) is 12.6. The Bertz CT molecular complexity index is 1010. The fourth-order valence-electron chi connectivity index (χ4n) is 4.24. The summed E-state index contributed by atoms with van der Waals surface area (Å²) < 4.78 is 0. The Morgan fingerprint density at radius 2 is 1.79 bits per heavy atom. The number of aromatic hydroxyl groups is 1. The van der Waals surface area contributed by atoms with Gasteiger partial charge in [0.05, 0.1) is 6.04 Å². The number of carbonyl (C=O) groups excluding carboxylic acids is 3. The van der Waals surface area contributed by atoms with E-state index in [1.54, 1.807) is 26.0 Å². The summed E-state index contributed by atoms with van der Waals surface area (Å²) in [4.78, 5) is 56.3. The summed E-state index contributed by atoms with van der Waals surface area (Å²) in [6.45, 7) is 4.17. The van der Waals surface area contributed by atoms with E-state index in [1.807, 2.05) is 0 Å². The minimum absolute atomic E-state index is 0.00771. The molecule has 13 heteroatoms. The van der Waals surface area contributed by atoms with Crippen molar-refractivity contribution in [3.63, 3.8) is 0 Å². The molecule has 1 heterocycles. The van der Waals surface area contributed by atoms with Crippen molar-refractivity contribution < 1.29 is 29.4 Å². The van der Waals surface area contributed by atoms with Crippen LogP contribution < -0.4 is 27.8 Å². The summed E-state index contributed by atoms with van der Waals surface area (Å²) >= 11 is 0. The molecule has 0 saturated carbocycles. The largest absolute Gasteiger partial charge is 0.508 e. The maximum atomic E-state index is 13.4. The van der Waals surface area contributed by atoms with Gasteiger partial charge < -0.3 is 42.9 Å². The Hall–Kier alpha value is -3.87. The summed E-state index contributed by atoms with van der Waals surface area (Å²) in [5, 5.41) is 24.3. The van der Waals surface area contributed by atoms with E-state index in [9.17, 15) is 29.4 Å². The van der Waals surface area contributed by atoms with Crippen molar-refractivity contribution in [2.75, 3.05) is 13.1 Å². The summed E-state index contributed by atoms with van der Waals surface area (Å²) in [5.74, 6) is -3.01. The minimum atomic E-state index is -1.22. The van der Waals surface area contributed by atoms with E-state index in [0.29, 0.717) is 44.3 Å². The summed E-state index contributed by atoms with van der Waals surface area (Å²) in [7, 11) is 0. The summed E-state index contributed by atoms with van der Waals surface area (Å²) in [6, 6.07) is 2.15. The Labute approximate surface area is 221 Å². The number of aliphatic imine (C=N–C) groups is 1. The zero-order valence-corrected chi connectivity index (χ0v) is 21.8. The number of phenolic OH excluding ortho intramolecular Hbond substituents is 1. The number of likely N-dealkylation sites (tertiary alicyclic amines) is 1. The van der Waals surface area contributed by atoms with Crippen LogP contribution in [-0.2, 0) is 25.6 Å². The van der Waals surface area contributed by atoms with E-state index >= 15 is 0 Å². The molecule has 1 fully saturated rings. The maximum Gasteiger partial charge on any atom is 0.326 e. The zero-order chi connectivity index (χ0) is 28.4. The molecule has 0 unspecified atom stereocenters. The highest BCUT2D eigenvalue weighted by atomic mass is 16.4. The number of aliphatic carboxylic acids is 1. The molecule has 38 heavy (non-hydrogen) atoms. The predicted octanol–water partition coefficient (Wildman–Crippen LogP) is -0.983. The SMILES string of the molecule is CC(C)[C@H](NC(=O)[C@@H](N)CCCN=C(N)N)C(=O)N1CCC[C@H]1C(=O)N[C@@H](Cc1ccc(O)cc1)C(=O)O. The van der Waals surface area contributed by atoms with Crippen LogP contribution in [0.4, 0.5) is 0 Å². The average Bonchev–Trinajstić information content (AvgIpc) is 3.35. The van der Waals surface area contributed by atoms with E-state index in [1.165, 1.54) is 17.0 Å². The van der Waals surface area contributed by atoms with Crippen LogP contribution in [0.5, 0.6) is 5.75 Å². The van der Waals surface area contributed by atoms with Gasteiger partial charge in [0.25, 0.3) is 0 Å². The molecule has 10 N–H and O–H groups in total. The molecule has 0 aliphatic carbocycles. The fourth-order valence-corrected chi connectivity index (χ4v) is 4.24. The van der Waals surface area contributed by atoms with Crippen LogP contribution in [0.2, 0.25) is 0 Å². The molecule has 1 aromatic rings. The Kier molecular flexibility index (Phi) is 11.3. The lowest BCUT2D eigenvalue weighted by atomic mass is 10.0. The first-order chi connectivity index (χ1) is 17.9. The van der Waals surface area contributed by atoms with Crippen LogP contribution in [-0.4, -0.2) is 82.0 Å².